The van der Waals surface area contributed by atoms with Crippen LogP contribution in [0.2, 0.25) is 0 Å². The van der Waals surface area contributed by atoms with Crippen LogP contribution in [0.3, 0.4) is 0 Å². The molecule has 2 fully saturated rings. The van der Waals surface area contributed by atoms with Crippen LogP contribution in [0, 0.1) is 0 Å². The first-order valence-electron chi connectivity index (χ1n) is 7.74. The molecule has 0 radical (unpaired) electrons. The highest BCUT2D eigenvalue weighted by Crippen LogP contribution is 2.34. The Balaban J connectivity index is 1.99. The number of piperidine rings is 1. The third kappa shape index (κ3) is 3.89. The van der Waals surface area contributed by atoms with Crippen LogP contribution in [-0.4, -0.2) is 75.5 Å². The lowest BCUT2D eigenvalue weighted by molar-refractivity contribution is -0.147. The van der Waals surface area contributed by atoms with Crippen LogP contribution in [0.15, 0.2) is 0 Å². The minimum atomic E-state index is -0.866. The van der Waals surface area contributed by atoms with Gasteiger partial charge in [-0.25, -0.2) is 4.79 Å². The summed E-state index contributed by atoms with van der Waals surface area (Å²) in [6.45, 7) is 7.48. The normalized spacial score (nSPS) is 23.0. The molecular formula is C15H26N2O5. The van der Waals surface area contributed by atoms with Gasteiger partial charge in [-0.05, 0) is 33.6 Å². The van der Waals surface area contributed by atoms with Crippen molar-refractivity contribution in [1.29, 1.82) is 0 Å². The predicted molar refractivity (Wildman–Crippen MR) is 79.6 cm³/mol. The number of aliphatic hydroxyl groups is 1. The Bertz CT molecular complexity index is 432. The SMILES string of the molecule is CC(C)(C)OC(=O)N1CC(CC(=O)O)(N2CCC(O)CC2)C1. The molecule has 2 heterocycles. The maximum atomic E-state index is 12.0. The number of carboxylic acid groups (broad SMARTS) is 1. The van der Waals surface area contributed by atoms with Gasteiger partial charge in [0.25, 0.3) is 0 Å². The summed E-state index contributed by atoms with van der Waals surface area (Å²) in [6.07, 6.45) is 0.593. The number of hydrogen-bond donors (Lipinski definition) is 2. The van der Waals surface area contributed by atoms with Crippen LogP contribution in [0.25, 0.3) is 0 Å². The van der Waals surface area contributed by atoms with Gasteiger partial charge in [-0.1, -0.05) is 0 Å². The van der Waals surface area contributed by atoms with E-state index in [1.165, 1.54) is 0 Å². The van der Waals surface area contributed by atoms with E-state index in [4.69, 9.17) is 4.74 Å². The minimum absolute atomic E-state index is 0.00237. The Morgan fingerprint density at radius 3 is 2.23 bits per heavy atom. The van der Waals surface area contributed by atoms with Gasteiger partial charge in [0.1, 0.15) is 5.60 Å². The van der Waals surface area contributed by atoms with Crippen molar-refractivity contribution in [3.8, 4) is 0 Å². The number of likely N-dealkylation sites (tertiary alicyclic amines) is 2. The summed E-state index contributed by atoms with van der Waals surface area (Å²) in [5.74, 6) is -0.866. The highest BCUT2D eigenvalue weighted by Gasteiger charge is 2.52. The van der Waals surface area contributed by atoms with Gasteiger partial charge in [0, 0.05) is 26.2 Å². The lowest BCUT2D eigenvalue weighted by atomic mass is 9.83. The quantitative estimate of drug-likeness (QED) is 0.804. The van der Waals surface area contributed by atoms with Gasteiger partial charge < -0.3 is 19.8 Å². The Morgan fingerprint density at radius 2 is 1.77 bits per heavy atom. The lowest BCUT2D eigenvalue weighted by Crippen LogP contribution is -2.73. The molecule has 7 heteroatoms. The second-order valence-corrected chi connectivity index (χ2v) is 7.35. The van der Waals surface area contributed by atoms with E-state index in [1.807, 2.05) is 0 Å². The number of carbonyl (C=O) groups excluding carboxylic acids is 1. The summed E-state index contributed by atoms with van der Waals surface area (Å²) in [5, 5.41) is 18.8. The van der Waals surface area contributed by atoms with Gasteiger partial charge in [0.15, 0.2) is 0 Å². The summed E-state index contributed by atoms with van der Waals surface area (Å²) in [4.78, 5) is 26.9. The molecule has 0 aromatic carbocycles. The van der Waals surface area contributed by atoms with Crippen molar-refractivity contribution < 1.29 is 24.5 Å². The number of aliphatic carboxylic acids is 1. The molecule has 1 amide bonds. The molecule has 0 aromatic heterocycles. The van der Waals surface area contributed by atoms with Crippen LogP contribution in [0.4, 0.5) is 4.79 Å². The molecule has 0 bridgehead atoms. The first-order chi connectivity index (χ1) is 10.1. The topological polar surface area (TPSA) is 90.3 Å². The Labute approximate surface area is 130 Å². The van der Waals surface area contributed by atoms with E-state index in [0.717, 1.165) is 0 Å². The van der Waals surface area contributed by atoms with E-state index < -0.39 is 23.2 Å². The molecule has 7 nitrogen and oxygen atoms in total. The van der Waals surface area contributed by atoms with E-state index in [1.54, 1.807) is 25.7 Å². The highest BCUT2D eigenvalue weighted by atomic mass is 16.6. The maximum absolute atomic E-state index is 12.0. The Morgan fingerprint density at radius 1 is 1.23 bits per heavy atom. The van der Waals surface area contributed by atoms with E-state index in [2.05, 4.69) is 4.90 Å². The summed E-state index contributed by atoms with van der Waals surface area (Å²) in [7, 11) is 0. The summed E-state index contributed by atoms with van der Waals surface area (Å²) in [5.41, 5.74) is -1.08. The zero-order valence-electron chi connectivity index (χ0n) is 13.5. The molecule has 0 saturated carbocycles. The van der Waals surface area contributed by atoms with Gasteiger partial charge in [0.2, 0.25) is 0 Å². The van der Waals surface area contributed by atoms with Crippen LogP contribution < -0.4 is 0 Å². The maximum Gasteiger partial charge on any atom is 0.410 e. The van der Waals surface area contributed by atoms with Crippen molar-refractivity contribution in [3.05, 3.63) is 0 Å². The van der Waals surface area contributed by atoms with Crippen molar-refractivity contribution in [3.63, 3.8) is 0 Å². The number of carboxylic acids is 1. The van der Waals surface area contributed by atoms with Crippen LogP contribution >= 0.6 is 0 Å². The average molecular weight is 314 g/mol. The fourth-order valence-corrected chi connectivity index (χ4v) is 3.17. The largest absolute Gasteiger partial charge is 0.481 e. The van der Waals surface area contributed by atoms with Gasteiger partial charge in [-0.2, -0.15) is 0 Å². The van der Waals surface area contributed by atoms with Gasteiger partial charge >= 0.3 is 12.1 Å². The zero-order chi connectivity index (χ0) is 16.5. The van der Waals surface area contributed by atoms with E-state index in [-0.39, 0.29) is 12.5 Å². The molecule has 2 aliphatic rings. The molecule has 0 spiro atoms. The van der Waals surface area contributed by atoms with E-state index in [0.29, 0.717) is 39.0 Å². The molecule has 126 valence electrons. The Kier molecular flexibility index (Phi) is 4.67. The number of ether oxygens (including phenoxy) is 1. The molecule has 0 unspecified atom stereocenters. The van der Waals surface area contributed by atoms with Crippen molar-refractivity contribution >= 4 is 12.1 Å². The zero-order valence-corrected chi connectivity index (χ0v) is 13.5. The number of hydrogen-bond acceptors (Lipinski definition) is 5. The smallest absolute Gasteiger partial charge is 0.410 e. The average Bonchev–Trinajstić information content (AvgIpc) is 2.31. The highest BCUT2D eigenvalue weighted by molar-refractivity contribution is 5.73. The van der Waals surface area contributed by atoms with Crippen molar-refractivity contribution in [1.82, 2.24) is 9.80 Å². The van der Waals surface area contributed by atoms with Crippen molar-refractivity contribution in [2.45, 2.75) is 57.3 Å². The number of rotatable bonds is 3. The van der Waals surface area contributed by atoms with Crippen molar-refractivity contribution in [2.24, 2.45) is 0 Å². The van der Waals surface area contributed by atoms with E-state index >= 15 is 0 Å². The van der Waals surface area contributed by atoms with Gasteiger partial charge in [-0.15, -0.1) is 0 Å². The number of nitrogens with zero attached hydrogens (tertiary/aromatic N) is 2. The molecule has 2 saturated heterocycles. The van der Waals surface area contributed by atoms with Gasteiger partial charge in [0.05, 0.1) is 18.1 Å². The lowest BCUT2D eigenvalue weighted by Gasteiger charge is -2.56. The fourth-order valence-electron chi connectivity index (χ4n) is 3.17. The summed E-state index contributed by atoms with van der Waals surface area (Å²) >= 11 is 0. The molecular weight excluding hydrogens is 288 g/mol. The van der Waals surface area contributed by atoms with Crippen molar-refractivity contribution in [2.75, 3.05) is 26.2 Å². The molecule has 0 atom stereocenters. The Hall–Kier alpha value is -1.34. The first-order valence-corrected chi connectivity index (χ1v) is 7.74. The van der Waals surface area contributed by atoms with Crippen LogP contribution in [-0.2, 0) is 9.53 Å². The van der Waals surface area contributed by atoms with Crippen LogP contribution in [0.5, 0.6) is 0 Å². The summed E-state index contributed by atoms with van der Waals surface area (Å²) < 4.78 is 5.33. The van der Waals surface area contributed by atoms with Crippen LogP contribution in [0.1, 0.15) is 40.0 Å². The fraction of sp³-hybridized carbons (Fsp3) is 0.867. The molecule has 2 rings (SSSR count). The molecule has 22 heavy (non-hydrogen) atoms. The second-order valence-electron chi connectivity index (χ2n) is 7.35. The predicted octanol–water partition coefficient (Wildman–Crippen LogP) is 0.907. The third-order valence-electron chi connectivity index (χ3n) is 4.24. The standard InChI is InChI=1S/C15H26N2O5/c1-14(2,3)22-13(21)16-9-15(10-16,8-12(19)20)17-6-4-11(18)5-7-17/h11,18H,4-10H2,1-3H3,(H,19,20). The van der Waals surface area contributed by atoms with Gasteiger partial charge in [-0.3, -0.25) is 9.69 Å². The van der Waals surface area contributed by atoms with E-state index in [9.17, 15) is 19.8 Å². The summed E-state index contributed by atoms with van der Waals surface area (Å²) in [6, 6.07) is 0. The number of aliphatic hydroxyl groups excluding tert-OH is 1. The number of amides is 1. The molecule has 2 aliphatic heterocycles. The number of carbonyl (C=O) groups is 2. The first kappa shape index (κ1) is 17.0. The molecule has 0 aromatic rings. The molecule has 0 aliphatic carbocycles. The molecule has 2 N–H and O–H groups in total. The second kappa shape index (κ2) is 6.04. The minimum Gasteiger partial charge on any atom is -0.481 e. The monoisotopic (exact) mass is 314 g/mol. The third-order valence-corrected chi connectivity index (χ3v) is 4.24.